The molecule has 3 N–H and O–H groups in total. The minimum Gasteiger partial charge on any atom is -0.335 e. The van der Waals surface area contributed by atoms with Crippen LogP contribution in [0, 0.1) is 0 Å². The Hall–Kier alpha value is -3.35. The van der Waals surface area contributed by atoms with Gasteiger partial charge >= 0.3 is 6.03 Å². The number of nitrogens with one attached hydrogen (secondary N) is 3. The van der Waals surface area contributed by atoms with Crippen LogP contribution in [-0.2, 0) is 9.59 Å². The van der Waals surface area contributed by atoms with Crippen molar-refractivity contribution in [3.05, 3.63) is 60.2 Å². The zero-order valence-electron chi connectivity index (χ0n) is 16.8. The SMILES string of the molecule is O=C(Nc1ccc(NC(=O)C(c2ccccc2)N2CCCCC2=O)cc1)NC1CC1. The van der Waals surface area contributed by atoms with E-state index in [9.17, 15) is 14.4 Å². The van der Waals surface area contributed by atoms with Crippen LogP contribution in [0.15, 0.2) is 54.6 Å². The Morgan fingerprint density at radius 1 is 0.900 bits per heavy atom. The van der Waals surface area contributed by atoms with Crippen molar-refractivity contribution in [1.82, 2.24) is 10.2 Å². The predicted molar refractivity (Wildman–Crippen MR) is 115 cm³/mol. The van der Waals surface area contributed by atoms with Gasteiger partial charge in [0.2, 0.25) is 5.91 Å². The molecule has 0 spiro atoms. The number of carbonyl (C=O) groups is 3. The van der Waals surface area contributed by atoms with Gasteiger partial charge in [-0.3, -0.25) is 9.59 Å². The minimum absolute atomic E-state index is 0.00600. The summed E-state index contributed by atoms with van der Waals surface area (Å²) in [6.07, 6.45) is 4.29. The second-order valence-corrected chi connectivity index (χ2v) is 7.80. The Kier molecular flexibility index (Phi) is 5.97. The van der Waals surface area contributed by atoms with Gasteiger partial charge in [-0.15, -0.1) is 0 Å². The number of amides is 4. The van der Waals surface area contributed by atoms with Gasteiger partial charge in [0, 0.05) is 30.4 Å². The molecule has 30 heavy (non-hydrogen) atoms. The number of hydrogen-bond acceptors (Lipinski definition) is 3. The van der Waals surface area contributed by atoms with Crippen molar-refractivity contribution in [2.75, 3.05) is 17.2 Å². The van der Waals surface area contributed by atoms with E-state index in [1.54, 1.807) is 29.2 Å². The molecule has 2 fully saturated rings. The van der Waals surface area contributed by atoms with Crippen LogP contribution < -0.4 is 16.0 Å². The summed E-state index contributed by atoms with van der Waals surface area (Å²) in [6, 6.07) is 15.7. The molecule has 4 rings (SSSR count). The molecule has 0 aromatic heterocycles. The van der Waals surface area contributed by atoms with Crippen molar-refractivity contribution < 1.29 is 14.4 Å². The summed E-state index contributed by atoms with van der Waals surface area (Å²) in [6.45, 7) is 0.574. The van der Waals surface area contributed by atoms with E-state index < -0.39 is 6.04 Å². The third-order valence-electron chi connectivity index (χ3n) is 5.36. The maximum atomic E-state index is 13.2. The van der Waals surface area contributed by atoms with Crippen molar-refractivity contribution in [3.8, 4) is 0 Å². The second kappa shape index (κ2) is 8.98. The summed E-state index contributed by atoms with van der Waals surface area (Å²) in [5, 5.41) is 8.57. The van der Waals surface area contributed by atoms with Gasteiger partial charge in [0.05, 0.1) is 0 Å². The summed E-state index contributed by atoms with van der Waals surface area (Å²) in [7, 11) is 0. The van der Waals surface area contributed by atoms with Crippen LogP contribution in [-0.4, -0.2) is 35.3 Å². The highest BCUT2D eigenvalue weighted by atomic mass is 16.2. The Morgan fingerprint density at radius 3 is 2.20 bits per heavy atom. The summed E-state index contributed by atoms with van der Waals surface area (Å²) in [5.41, 5.74) is 2.05. The normalized spacial score (nSPS) is 17.2. The smallest absolute Gasteiger partial charge is 0.319 e. The van der Waals surface area contributed by atoms with E-state index in [4.69, 9.17) is 0 Å². The van der Waals surface area contributed by atoms with Crippen molar-refractivity contribution in [2.24, 2.45) is 0 Å². The first-order chi connectivity index (χ1) is 14.6. The first-order valence-corrected chi connectivity index (χ1v) is 10.4. The molecule has 0 bridgehead atoms. The maximum Gasteiger partial charge on any atom is 0.319 e. The largest absolute Gasteiger partial charge is 0.335 e. The first kappa shape index (κ1) is 19.9. The Bertz CT molecular complexity index is 910. The number of likely N-dealkylation sites (tertiary alicyclic amines) is 1. The Morgan fingerprint density at radius 2 is 1.57 bits per heavy atom. The number of carbonyl (C=O) groups excluding carboxylic acids is 3. The zero-order valence-corrected chi connectivity index (χ0v) is 16.8. The van der Waals surface area contributed by atoms with Crippen molar-refractivity contribution in [2.45, 2.75) is 44.2 Å². The number of urea groups is 1. The van der Waals surface area contributed by atoms with Crippen LogP contribution >= 0.6 is 0 Å². The third-order valence-corrected chi connectivity index (χ3v) is 5.36. The average Bonchev–Trinajstić information content (AvgIpc) is 3.56. The van der Waals surface area contributed by atoms with E-state index in [1.165, 1.54) is 0 Å². The average molecular weight is 406 g/mol. The molecule has 2 aromatic carbocycles. The van der Waals surface area contributed by atoms with E-state index in [0.717, 1.165) is 31.2 Å². The lowest BCUT2D eigenvalue weighted by Crippen LogP contribution is -2.43. The molecule has 4 amide bonds. The fourth-order valence-electron chi connectivity index (χ4n) is 3.64. The van der Waals surface area contributed by atoms with Gasteiger partial charge in [-0.2, -0.15) is 0 Å². The van der Waals surface area contributed by atoms with Crippen LogP contribution in [0.2, 0.25) is 0 Å². The fraction of sp³-hybridized carbons (Fsp3) is 0.348. The number of hydrogen-bond donors (Lipinski definition) is 3. The Balaban J connectivity index is 1.45. The van der Waals surface area contributed by atoms with Crippen LogP contribution in [0.25, 0.3) is 0 Å². The molecule has 7 heteroatoms. The van der Waals surface area contributed by atoms with E-state index in [2.05, 4.69) is 16.0 Å². The molecular formula is C23H26N4O3. The summed E-state index contributed by atoms with van der Waals surface area (Å²) in [4.78, 5) is 39.2. The molecular weight excluding hydrogens is 380 g/mol. The lowest BCUT2D eigenvalue weighted by atomic mass is 10.0. The third kappa shape index (κ3) is 4.97. The summed E-state index contributed by atoms with van der Waals surface area (Å²) < 4.78 is 0. The van der Waals surface area contributed by atoms with Gasteiger partial charge in [0.25, 0.3) is 5.91 Å². The van der Waals surface area contributed by atoms with E-state index >= 15 is 0 Å². The molecule has 2 aromatic rings. The highest BCUT2D eigenvalue weighted by Gasteiger charge is 2.32. The highest BCUT2D eigenvalue weighted by Crippen LogP contribution is 2.27. The van der Waals surface area contributed by atoms with E-state index in [-0.39, 0.29) is 23.9 Å². The lowest BCUT2D eigenvalue weighted by Gasteiger charge is -2.34. The lowest BCUT2D eigenvalue weighted by molar-refractivity contribution is -0.141. The number of nitrogens with zero attached hydrogens (tertiary/aromatic N) is 1. The molecule has 1 saturated carbocycles. The van der Waals surface area contributed by atoms with Crippen molar-refractivity contribution >= 4 is 29.2 Å². The van der Waals surface area contributed by atoms with Gasteiger partial charge < -0.3 is 20.9 Å². The molecule has 2 aliphatic rings. The number of rotatable bonds is 6. The molecule has 0 radical (unpaired) electrons. The minimum atomic E-state index is -0.666. The second-order valence-electron chi connectivity index (χ2n) is 7.80. The topological polar surface area (TPSA) is 90.5 Å². The fourth-order valence-corrected chi connectivity index (χ4v) is 3.64. The number of benzene rings is 2. The van der Waals surface area contributed by atoms with Gasteiger partial charge in [-0.05, 0) is 55.5 Å². The number of piperidine rings is 1. The molecule has 1 atom stereocenters. The Labute approximate surface area is 175 Å². The van der Waals surface area contributed by atoms with Gasteiger partial charge in [0.1, 0.15) is 6.04 Å². The molecule has 156 valence electrons. The zero-order chi connectivity index (χ0) is 20.9. The highest BCUT2D eigenvalue weighted by molar-refractivity contribution is 5.98. The first-order valence-electron chi connectivity index (χ1n) is 10.4. The van der Waals surface area contributed by atoms with Crippen molar-refractivity contribution in [3.63, 3.8) is 0 Å². The van der Waals surface area contributed by atoms with Gasteiger partial charge in [-0.1, -0.05) is 30.3 Å². The van der Waals surface area contributed by atoms with Crippen molar-refractivity contribution in [1.29, 1.82) is 0 Å². The maximum absolute atomic E-state index is 13.2. The molecule has 7 nitrogen and oxygen atoms in total. The summed E-state index contributed by atoms with van der Waals surface area (Å²) >= 11 is 0. The van der Waals surface area contributed by atoms with E-state index in [0.29, 0.717) is 24.3 Å². The van der Waals surface area contributed by atoms with Crippen LogP contribution in [0.5, 0.6) is 0 Å². The van der Waals surface area contributed by atoms with Crippen LogP contribution in [0.3, 0.4) is 0 Å². The molecule has 1 aliphatic carbocycles. The summed E-state index contributed by atoms with van der Waals surface area (Å²) in [5.74, 6) is -0.241. The molecule has 1 heterocycles. The van der Waals surface area contributed by atoms with Crippen LogP contribution in [0.4, 0.5) is 16.2 Å². The van der Waals surface area contributed by atoms with Gasteiger partial charge in [-0.25, -0.2) is 4.79 Å². The molecule has 1 saturated heterocycles. The number of anilines is 2. The molecule has 1 unspecified atom stereocenters. The van der Waals surface area contributed by atoms with Gasteiger partial charge in [0.15, 0.2) is 0 Å². The standard InChI is InChI=1S/C23H26N4O3/c28-20-8-4-5-15-27(20)21(16-6-2-1-3-7-16)22(29)24-17-9-11-18(12-10-17)25-23(30)26-19-13-14-19/h1-3,6-7,9-12,19,21H,4-5,8,13-15H2,(H,24,29)(H2,25,26,30). The van der Waals surface area contributed by atoms with E-state index in [1.807, 2.05) is 30.3 Å². The van der Waals surface area contributed by atoms with Crippen LogP contribution in [0.1, 0.15) is 43.7 Å². The molecule has 1 aliphatic heterocycles. The monoisotopic (exact) mass is 406 g/mol. The predicted octanol–water partition coefficient (Wildman–Crippen LogP) is 3.66. The quantitative estimate of drug-likeness (QED) is 0.684.